The highest BCUT2D eigenvalue weighted by Crippen LogP contribution is 2.32. The molecular formula is C17H22FNS. The van der Waals surface area contributed by atoms with Crippen LogP contribution in [0.5, 0.6) is 0 Å². The van der Waals surface area contributed by atoms with Crippen molar-refractivity contribution in [3.63, 3.8) is 0 Å². The van der Waals surface area contributed by atoms with E-state index in [2.05, 4.69) is 32.2 Å². The van der Waals surface area contributed by atoms with Gasteiger partial charge in [0.25, 0.3) is 0 Å². The molecule has 0 saturated carbocycles. The van der Waals surface area contributed by atoms with E-state index in [1.165, 1.54) is 15.3 Å². The third-order valence-corrected chi connectivity index (χ3v) is 4.43. The van der Waals surface area contributed by atoms with Crippen LogP contribution in [0.25, 0.3) is 0 Å². The lowest BCUT2D eigenvalue weighted by Crippen LogP contribution is -2.24. The Morgan fingerprint density at radius 3 is 2.50 bits per heavy atom. The molecule has 0 saturated heterocycles. The molecule has 0 radical (unpaired) electrons. The van der Waals surface area contributed by atoms with Crippen LogP contribution in [0.1, 0.15) is 45.8 Å². The third kappa shape index (κ3) is 3.28. The SMILES string of the molecule is CCCNC(c1cc(C)ccc1F)c1cc(C)sc1C. The number of thiophene rings is 1. The van der Waals surface area contributed by atoms with E-state index >= 15 is 0 Å². The lowest BCUT2D eigenvalue weighted by molar-refractivity contribution is 0.546. The van der Waals surface area contributed by atoms with Gasteiger partial charge in [-0.3, -0.25) is 0 Å². The molecule has 0 fully saturated rings. The average molecular weight is 291 g/mol. The summed E-state index contributed by atoms with van der Waals surface area (Å²) < 4.78 is 14.2. The molecule has 3 heteroatoms. The molecule has 108 valence electrons. The van der Waals surface area contributed by atoms with E-state index in [4.69, 9.17) is 0 Å². The molecule has 1 nitrogen and oxygen atoms in total. The first-order valence-electron chi connectivity index (χ1n) is 7.09. The molecule has 1 aromatic carbocycles. The average Bonchev–Trinajstić information content (AvgIpc) is 2.73. The maximum absolute atomic E-state index is 14.2. The summed E-state index contributed by atoms with van der Waals surface area (Å²) in [4.78, 5) is 2.53. The van der Waals surface area contributed by atoms with Crippen LogP contribution in [0.2, 0.25) is 0 Å². The summed E-state index contributed by atoms with van der Waals surface area (Å²) >= 11 is 1.77. The number of benzene rings is 1. The number of hydrogen-bond donors (Lipinski definition) is 1. The zero-order chi connectivity index (χ0) is 14.7. The summed E-state index contributed by atoms with van der Waals surface area (Å²) in [5.74, 6) is -0.132. The highest BCUT2D eigenvalue weighted by molar-refractivity contribution is 7.12. The molecule has 0 bridgehead atoms. The Balaban J connectivity index is 2.46. The quantitative estimate of drug-likeness (QED) is 0.826. The first-order valence-corrected chi connectivity index (χ1v) is 7.91. The van der Waals surface area contributed by atoms with Crippen molar-refractivity contribution in [2.75, 3.05) is 6.54 Å². The molecule has 1 heterocycles. The van der Waals surface area contributed by atoms with Gasteiger partial charge in [0.15, 0.2) is 0 Å². The van der Waals surface area contributed by atoms with Gasteiger partial charge in [-0.1, -0.05) is 24.6 Å². The smallest absolute Gasteiger partial charge is 0.128 e. The molecule has 1 aromatic heterocycles. The predicted octanol–water partition coefficient (Wildman–Crippen LogP) is 4.90. The number of aryl methyl sites for hydroxylation is 3. The van der Waals surface area contributed by atoms with Gasteiger partial charge < -0.3 is 5.32 Å². The molecule has 20 heavy (non-hydrogen) atoms. The van der Waals surface area contributed by atoms with E-state index < -0.39 is 0 Å². The maximum Gasteiger partial charge on any atom is 0.128 e. The third-order valence-electron chi connectivity index (χ3n) is 3.45. The van der Waals surface area contributed by atoms with Crippen molar-refractivity contribution in [2.45, 2.75) is 40.2 Å². The van der Waals surface area contributed by atoms with Crippen LogP contribution in [0.3, 0.4) is 0 Å². The van der Waals surface area contributed by atoms with Crippen molar-refractivity contribution in [1.82, 2.24) is 5.32 Å². The summed E-state index contributed by atoms with van der Waals surface area (Å²) in [6.45, 7) is 9.23. The highest BCUT2D eigenvalue weighted by Gasteiger charge is 2.20. The van der Waals surface area contributed by atoms with Crippen molar-refractivity contribution in [3.05, 3.63) is 56.5 Å². The van der Waals surface area contributed by atoms with Crippen LogP contribution in [0.15, 0.2) is 24.3 Å². The summed E-state index contributed by atoms with van der Waals surface area (Å²) in [6, 6.07) is 7.46. The van der Waals surface area contributed by atoms with Gasteiger partial charge in [-0.15, -0.1) is 11.3 Å². The Labute approximate surface area is 124 Å². The van der Waals surface area contributed by atoms with Gasteiger partial charge in [-0.25, -0.2) is 4.39 Å². The molecular weight excluding hydrogens is 269 g/mol. The summed E-state index contributed by atoms with van der Waals surface area (Å²) in [7, 11) is 0. The number of halogens is 1. The van der Waals surface area contributed by atoms with Gasteiger partial charge in [-0.05, 0) is 51.4 Å². The van der Waals surface area contributed by atoms with Crippen molar-refractivity contribution in [1.29, 1.82) is 0 Å². The van der Waals surface area contributed by atoms with Gasteiger partial charge in [-0.2, -0.15) is 0 Å². The molecule has 1 atom stereocenters. The van der Waals surface area contributed by atoms with E-state index in [9.17, 15) is 4.39 Å². The molecule has 0 amide bonds. The van der Waals surface area contributed by atoms with E-state index in [1.54, 1.807) is 17.4 Å². The first-order chi connectivity index (χ1) is 9.52. The molecule has 0 aliphatic rings. The Morgan fingerprint density at radius 1 is 1.15 bits per heavy atom. The second-order valence-electron chi connectivity index (χ2n) is 5.28. The topological polar surface area (TPSA) is 12.0 Å². The molecule has 0 aliphatic heterocycles. The summed E-state index contributed by atoms with van der Waals surface area (Å²) in [5.41, 5.74) is 3.04. The van der Waals surface area contributed by atoms with Crippen LogP contribution in [-0.4, -0.2) is 6.54 Å². The fourth-order valence-electron chi connectivity index (χ4n) is 2.50. The zero-order valence-electron chi connectivity index (χ0n) is 12.6. The first kappa shape index (κ1) is 15.2. The molecule has 1 unspecified atom stereocenters. The molecule has 1 N–H and O–H groups in total. The fourth-order valence-corrected chi connectivity index (χ4v) is 3.46. The van der Waals surface area contributed by atoms with Crippen LogP contribution in [-0.2, 0) is 0 Å². The van der Waals surface area contributed by atoms with E-state index in [-0.39, 0.29) is 11.9 Å². The van der Waals surface area contributed by atoms with E-state index in [0.29, 0.717) is 0 Å². The van der Waals surface area contributed by atoms with Gasteiger partial charge >= 0.3 is 0 Å². The largest absolute Gasteiger partial charge is 0.306 e. The minimum absolute atomic E-state index is 0.0557. The maximum atomic E-state index is 14.2. The Morgan fingerprint density at radius 2 is 1.90 bits per heavy atom. The standard InChI is InChI=1S/C17H22FNS/c1-5-8-19-17(14-10-12(3)20-13(14)4)15-9-11(2)6-7-16(15)18/h6-7,9-10,17,19H,5,8H2,1-4H3. The monoisotopic (exact) mass is 291 g/mol. The Kier molecular flexibility index (Phi) is 4.95. The van der Waals surface area contributed by atoms with Gasteiger partial charge in [0.05, 0.1) is 6.04 Å². The van der Waals surface area contributed by atoms with Gasteiger partial charge in [0, 0.05) is 15.3 Å². The fraction of sp³-hybridized carbons (Fsp3) is 0.412. The minimum atomic E-state index is -0.132. The lowest BCUT2D eigenvalue weighted by atomic mass is 9.97. The summed E-state index contributed by atoms with van der Waals surface area (Å²) in [6.07, 6.45) is 1.03. The second kappa shape index (κ2) is 6.51. The predicted molar refractivity (Wildman–Crippen MR) is 85.1 cm³/mol. The van der Waals surface area contributed by atoms with Crippen molar-refractivity contribution < 1.29 is 4.39 Å². The summed E-state index contributed by atoms with van der Waals surface area (Å²) in [5, 5.41) is 3.49. The van der Waals surface area contributed by atoms with Crippen LogP contribution in [0.4, 0.5) is 4.39 Å². The number of rotatable bonds is 5. The molecule has 0 spiro atoms. The Hall–Kier alpha value is -1.19. The van der Waals surface area contributed by atoms with Crippen molar-refractivity contribution in [2.24, 2.45) is 0 Å². The lowest BCUT2D eigenvalue weighted by Gasteiger charge is -2.20. The molecule has 2 rings (SSSR count). The van der Waals surface area contributed by atoms with Gasteiger partial charge in [0.2, 0.25) is 0 Å². The molecule has 2 aromatic rings. The van der Waals surface area contributed by atoms with Crippen LogP contribution < -0.4 is 5.32 Å². The van der Waals surface area contributed by atoms with E-state index in [0.717, 1.165) is 24.1 Å². The molecule has 0 aliphatic carbocycles. The highest BCUT2D eigenvalue weighted by atomic mass is 32.1. The van der Waals surface area contributed by atoms with Crippen molar-refractivity contribution in [3.8, 4) is 0 Å². The van der Waals surface area contributed by atoms with Gasteiger partial charge in [0.1, 0.15) is 5.82 Å². The second-order valence-corrected chi connectivity index (χ2v) is 6.74. The van der Waals surface area contributed by atoms with Crippen LogP contribution in [0, 0.1) is 26.6 Å². The number of nitrogens with one attached hydrogen (secondary N) is 1. The number of hydrogen-bond acceptors (Lipinski definition) is 2. The normalized spacial score (nSPS) is 12.7. The Bertz CT molecular complexity index is 589. The van der Waals surface area contributed by atoms with E-state index in [1.807, 2.05) is 19.1 Å². The van der Waals surface area contributed by atoms with Crippen molar-refractivity contribution >= 4 is 11.3 Å². The van der Waals surface area contributed by atoms with Crippen LogP contribution >= 0.6 is 11.3 Å². The minimum Gasteiger partial charge on any atom is -0.306 e. The zero-order valence-corrected chi connectivity index (χ0v) is 13.4.